The van der Waals surface area contributed by atoms with E-state index >= 15 is 0 Å². The zero-order chi connectivity index (χ0) is 19.5. The van der Waals surface area contributed by atoms with E-state index in [1.54, 1.807) is 30.3 Å². The molecule has 146 valence electrons. The number of hydrogen-bond donors (Lipinski definition) is 0. The molecule has 0 aliphatic carbocycles. The Labute approximate surface area is 161 Å². The third kappa shape index (κ3) is 7.05. The number of carbonyl (C=O) groups excluding carboxylic acids is 1. The Morgan fingerprint density at radius 1 is 0.926 bits per heavy atom. The number of benzene rings is 2. The largest absolute Gasteiger partial charge is 0.513 e. The molecule has 0 bridgehead atoms. The molecule has 0 saturated carbocycles. The van der Waals surface area contributed by atoms with Crippen LogP contribution in [0.5, 0.6) is 5.75 Å². The number of halogens is 1. The summed E-state index contributed by atoms with van der Waals surface area (Å²) in [5.74, 6) is 0.156. The van der Waals surface area contributed by atoms with Gasteiger partial charge in [-0.1, -0.05) is 63.8 Å². The average molecular weight is 372 g/mol. The molecule has 0 radical (unpaired) electrons. The summed E-state index contributed by atoms with van der Waals surface area (Å²) in [6, 6.07) is 12.2. The maximum Gasteiger partial charge on any atom is 0.513 e. The first kappa shape index (κ1) is 20.9. The van der Waals surface area contributed by atoms with E-state index in [4.69, 9.17) is 9.47 Å². The molecule has 0 unspecified atom stereocenters. The molecule has 0 atom stereocenters. The Morgan fingerprint density at radius 3 is 2.30 bits per heavy atom. The minimum absolute atomic E-state index is 0.229. The minimum Gasteiger partial charge on any atom is -0.434 e. The van der Waals surface area contributed by atoms with Gasteiger partial charge in [0, 0.05) is 5.56 Å². The molecule has 2 aromatic carbocycles. The summed E-state index contributed by atoms with van der Waals surface area (Å²) in [7, 11) is 0. The number of hydrogen-bond acceptors (Lipinski definition) is 3. The van der Waals surface area contributed by atoms with Gasteiger partial charge in [-0.05, 0) is 48.6 Å². The Hall–Kier alpha value is -2.36. The molecular weight excluding hydrogens is 343 g/mol. The van der Waals surface area contributed by atoms with Gasteiger partial charge in [0.25, 0.3) is 0 Å². The maximum atomic E-state index is 14.5. The molecule has 0 fully saturated rings. The lowest BCUT2D eigenvalue weighted by Gasteiger charge is -2.09. The molecule has 0 saturated heterocycles. The van der Waals surface area contributed by atoms with E-state index in [0.29, 0.717) is 17.9 Å². The van der Waals surface area contributed by atoms with Crippen LogP contribution in [0.4, 0.5) is 9.18 Å². The van der Waals surface area contributed by atoms with Crippen molar-refractivity contribution in [1.29, 1.82) is 0 Å². The van der Waals surface area contributed by atoms with Gasteiger partial charge in [0.15, 0.2) is 0 Å². The lowest BCUT2D eigenvalue weighted by molar-refractivity contribution is 0.0974. The number of aryl methyl sites for hydroxylation is 1. The fourth-order valence-corrected chi connectivity index (χ4v) is 2.86. The molecule has 3 nitrogen and oxygen atoms in total. The molecule has 2 rings (SSSR count). The van der Waals surface area contributed by atoms with Crippen LogP contribution >= 0.6 is 0 Å². The van der Waals surface area contributed by atoms with Crippen molar-refractivity contribution < 1.29 is 18.7 Å². The topological polar surface area (TPSA) is 35.5 Å². The monoisotopic (exact) mass is 372 g/mol. The highest BCUT2D eigenvalue weighted by Gasteiger charge is 2.09. The third-order valence-corrected chi connectivity index (χ3v) is 4.44. The van der Waals surface area contributed by atoms with Crippen molar-refractivity contribution in [3.63, 3.8) is 0 Å². The van der Waals surface area contributed by atoms with Crippen LogP contribution in [0.2, 0.25) is 0 Å². The van der Waals surface area contributed by atoms with Crippen molar-refractivity contribution in [2.24, 2.45) is 0 Å². The number of ether oxygens (including phenoxy) is 2. The van der Waals surface area contributed by atoms with Crippen LogP contribution < -0.4 is 4.74 Å². The van der Waals surface area contributed by atoms with Crippen LogP contribution in [0, 0.1) is 5.82 Å². The second-order valence-corrected chi connectivity index (χ2v) is 6.70. The van der Waals surface area contributed by atoms with E-state index in [0.717, 1.165) is 56.1 Å². The Morgan fingerprint density at radius 2 is 1.63 bits per heavy atom. The molecule has 0 N–H and O–H groups in total. The molecule has 27 heavy (non-hydrogen) atoms. The molecule has 0 amide bonds. The van der Waals surface area contributed by atoms with Crippen LogP contribution in [0.25, 0.3) is 11.1 Å². The predicted molar refractivity (Wildman–Crippen MR) is 107 cm³/mol. The summed E-state index contributed by atoms with van der Waals surface area (Å²) < 4.78 is 24.6. The summed E-state index contributed by atoms with van der Waals surface area (Å²) in [5.41, 5.74) is 2.31. The number of carbonyl (C=O) groups is 1. The molecular formula is C23H29FO3. The number of unbranched alkanes of at least 4 members (excludes halogenated alkanes) is 4. The Bertz CT molecular complexity index is 710. The van der Waals surface area contributed by atoms with Crippen molar-refractivity contribution in [3.8, 4) is 16.9 Å². The first-order valence-corrected chi connectivity index (χ1v) is 9.87. The highest BCUT2D eigenvalue weighted by atomic mass is 19.1. The molecule has 2 aromatic rings. The Kier molecular flexibility index (Phi) is 8.82. The lowest BCUT2D eigenvalue weighted by Crippen LogP contribution is -2.11. The van der Waals surface area contributed by atoms with Crippen LogP contribution in [0.1, 0.15) is 57.9 Å². The molecule has 0 heterocycles. The maximum absolute atomic E-state index is 14.5. The zero-order valence-electron chi connectivity index (χ0n) is 16.3. The SMILES string of the molecule is CCCCCOC(=O)Oc1ccc(-c2ccc(CCCCC)cc2F)cc1. The van der Waals surface area contributed by atoms with Gasteiger partial charge >= 0.3 is 6.16 Å². The molecule has 4 heteroatoms. The predicted octanol–water partition coefficient (Wildman–Crippen LogP) is 6.93. The second-order valence-electron chi connectivity index (χ2n) is 6.70. The fourth-order valence-electron chi connectivity index (χ4n) is 2.86. The van der Waals surface area contributed by atoms with Crippen molar-refractivity contribution in [3.05, 3.63) is 53.8 Å². The third-order valence-electron chi connectivity index (χ3n) is 4.44. The molecule has 0 aromatic heterocycles. The summed E-state index contributed by atoms with van der Waals surface area (Å²) in [4.78, 5) is 11.6. The van der Waals surface area contributed by atoms with Gasteiger partial charge in [0.1, 0.15) is 11.6 Å². The highest BCUT2D eigenvalue weighted by Crippen LogP contribution is 2.26. The van der Waals surface area contributed by atoms with Gasteiger partial charge in [-0.3, -0.25) is 0 Å². The summed E-state index contributed by atoms with van der Waals surface area (Å²) in [6.07, 6.45) is 6.50. The lowest BCUT2D eigenvalue weighted by atomic mass is 10.0. The summed E-state index contributed by atoms with van der Waals surface area (Å²) in [6.45, 7) is 4.60. The van der Waals surface area contributed by atoms with Gasteiger partial charge in [-0.15, -0.1) is 0 Å². The average Bonchev–Trinajstić information content (AvgIpc) is 2.66. The van der Waals surface area contributed by atoms with E-state index in [-0.39, 0.29) is 5.82 Å². The van der Waals surface area contributed by atoms with Crippen LogP contribution in [-0.2, 0) is 11.2 Å². The molecule has 0 spiro atoms. The molecule has 0 aliphatic heterocycles. The van der Waals surface area contributed by atoms with Gasteiger partial charge in [0.05, 0.1) is 6.61 Å². The van der Waals surface area contributed by atoms with Gasteiger partial charge in [-0.25, -0.2) is 9.18 Å². The molecule has 0 aliphatic rings. The minimum atomic E-state index is -0.707. The van der Waals surface area contributed by atoms with Gasteiger partial charge in [-0.2, -0.15) is 0 Å². The number of rotatable bonds is 10. The van der Waals surface area contributed by atoms with Crippen molar-refractivity contribution in [1.82, 2.24) is 0 Å². The Balaban J connectivity index is 1.93. The van der Waals surface area contributed by atoms with Crippen molar-refractivity contribution >= 4 is 6.16 Å². The highest BCUT2D eigenvalue weighted by molar-refractivity contribution is 5.67. The first-order valence-electron chi connectivity index (χ1n) is 9.87. The van der Waals surface area contributed by atoms with Gasteiger partial charge < -0.3 is 9.47 Å². The van der Waals surface area contributed by atoms with E-state index in [1.807, 2.05) is 12.1 Å². The first-order chi connectivity index (χ1) is 13.1. The summed E-state index contributed by atoms with van der Waals surface area (Å²) in [5, 5.41) is 0. The standard InChI is InChI=1S/C23H29FO3/c1-3-5-7-9-18-10-15-21(22(24)17-18)19-11-13-20(14-12-19)27-23(25)26-16-8-6-4-2/h10-15,17H,3-9,16H2,1-2H3. The zero-order valence-corrected chi connectivity index (χ0v) is 16.3. The smallest absolute Gasteiger partial charge is 0.434 e. The van der Waals surface area contributed by atoms with Crippen LogP contribution in [0.3, 0.4) is 0 Å². The van der Waals surface area contributed by atoms with Crippen LogP contribution in [0.15, 0.2) is 42.5 Å². The van der Waals surface area contributed by atoms with E-state index in [1.165, 1.54) is 0 Å². The van der Waals surface area contributed by atoms with E-state index < -0.39 is 6.16 Å². The van der Waals surface area contributed by atoms with Crippen molar-refractivity contribution in [2.75, 3.05) is 6.61 Å². The van der Waals surface area contributed by atoms with Crippen LogP contribution in [-0.4, -0.2) is 12.8 Å². The normalized spacial score (nSPS) is 10.6. The summed E-state index contributed by atoms with van der Waals surface area (Å²) >= 11 is 0. The fraction of sp³-hybridized carbons (Fsp3) is 0.435. The van der Waals surface area contributed by atoms with E-state index in [9.17, 15) is 9.18 Å². The van der Waals surface area contributed by atoms with E-state index in [2.05, 4.69) is 13.8 Å². The van der Waals surface area contributed by atoms with Gasteiger partial charge in [0.2, 0.25) is 0 Å². The quantitative estimate of drug-likeness (QED) is 0.258. The van der Waals surface area contributed by atoms with Crippen molar-refractivity contribution in [2.45, 2.75) is 58.8 Å². The second kappa shape index (κ2) is 11.4.